The topological polar surface area (TPSA) is 12.4 Å². The zero-order valence-corrected chi connectivity index (χ0v) is 17.8. The van der Waals surface area contributed by atoms with Crippen molar-refractivity contribution in [3.05, 3.63) is 27.2 Å². The van der Waals surface area contributed by atoms with Crippen LogP contribution in [0.1, 0.15) is 41.5 Å². The Morgan fingerprint density at radius 3 is 1.59 bits per heavy atom. The molecule has 0 N–H and O–H groups in total. The predicted molar refractivity (Wildman–Crippen MR) is 108 cm³/mol. The van der Waals surface area contributed by atoms with E-state index in [1.54, 1.807) is 12.1 Å². The minimum absolute atomic E-state index is 0.439. The van der Waals surface area contributed by atoms with Crippen LogP contribution in [0, 0.1) is 0 Å². The third-order valence-electron chi connectivity index (χ3n) is 4.08. The second-order valence-corrected chi connectivity index (χ2v) is 13.4. The normalized spacial score (nSPS) is 13.5. The Balaban J connectivity index is 3.52. The fraction of sp³-hybridized carbons (Fsp3) is 0.562. The molecule has 1 rings (SSSR count). The van der Waals surface area contributed by atoms with Gasteiger partial charge in [0.15, 0.2) is 0 Å². The van der Waals surface area contributed by atoms with E-state index < -0.39 is 7.26 Å². The molecule has 0 aliphatic rings. The molecule has 1 aromatic rings. The molecule has 0 aliphatic carbocycles. The van der Waals surface area contributed by atoms with Crippen LogP contribution in [-0.2, 0) is 12.6 Å². The Kier molecular flexibility index (Phi) is 7.43. The maximum atomic E-state index is 6.26. The summed E-state index contributed by atoms with van der Waals surface area (Å²) in [4.78, 5) is 5.46. The van der Waals surface area contributed by atoms with Gasteiger partial charge >= 0.3 is 0 Å². The lowest BCUT2D eigenvalue weighted by atomic mass is 10.3. The van der Waals surface area contributed by atoms with Gasteiger partial charge in [-0.15, -0.1) is 0 Å². The minimum Gasteiger partial charge on any atom is -0.721 e. The number of benzene rings is 1. The van der Waals surface area contributed by atoms with E-state index >= 15 is 0 Å². The van der Waals surface area contributed by atoms with Crippen molar-refractivity contribution in [3.8, 4) is 0 Å². The van der Waals surface area contributed by atoms with E-state index in [0.29, 0.717) is 37.7 Å². The summed E-state index contributed by atoms with van der Waals surface area (Å²) in [5, 5.41) is 1.38. The van der Waals surface area contributed by atoms with Gasteiger partial charge in [-0.3, -0.25) is 0 Å². The van der Waals surface area contributed by atoms with Gasteiger partial charge in [0, 0.05) is 17.1 Å². The van der Waals surface area contributed by atoms with Gasteiger partial charge in [0.1, 0.15) is 5.69 Å². The molecule has 1 aromatic carbocycles. The Hall–Kier alpha value is 0.410. The SMILES string of the molecule is CC(C)[P+](C([S-])=Nc1c(Cl)cc(Cl)cc1Cl)(C(C)C)C(C)C. The minimum atomic E-state index is -1.61. The van der Waals surface area contributed by atoms with Crippen molar-refractivity contribution in [2.45, 2.75) is 58.5 Å². The van der Waals surface area contributed by atoms with Crippen LogP contribution in [0.4, 0.5) is 5.69 Å². The van der Waals surface area contributed by atoms with E-state index in [4.69, 9.17) is 52.4 Å². The highest BCUT2D eigenvalue weighted by Gasteiger charge is 2.47. The molecule has 0 amide bonds. The molecule has 0 radical (unpaired) electrons. The van der Waals surface area contributed by atoms with E-state index in [0.717, 1.165) is 4.78 Å². The van der Waals surface area contributed by atoms with Crippen LogP contribution in [0.15, 0.2) is 17.1 Å². The fourth-order valence-corrected chi connectivity index (χ4v) is 11.3. The first-order chi connectivity index (χ1) is 10.0. The maximum Gasteiger partial charge on any atom is 0.102 e. The van der Waals surface area contributed by atoms with E-state index in [1.165, 1.54) is 0 Å². The second kappa shape index (κ2) is 7.99. The van der Waals surface area contributed by atoms with Crippen LogP contribution in [0.2, 0.25) is 15.1 Å². The average Bonchev–Trinajstić information content (AvgIpc) is 2.32. The molecular weight excluding hydrogens is 376 g/mol. The molecule has 0 heterocycles. The first-order valence-corrected chi connectivity index (χ1v) is 10.9. The third kappa shape index (κ3) is 3.90. The van der Waals surface area contributed by atoms with Gasteiger partial charge in [0.25, 0.3) is 0 Å². The van der Waals surface area contributed by atoms with Crippen LogP contribution in [0.5, 0.6) is 0 Å². The maximum absolute atomic E-state index is 6.26. The van der Waals surface area contributed by atoms with Gasteiger partial charge in [-0.25, -0.2) is 4.99 Å². The number of aliphatic imine (C=N–C) groups is 1. The number of nitrogens with zero attached hydrogens (tertiary/aromatic N) is 1. The van der Waals surface area contributed by atoms with E-state index in [1.807, 2.05) is 0 Å². The smallest absolute Gasteiger partial charge is 0.102 e. The standard InChI is InChI=1S/C16H23Cl3NPS/c1-9(2)21(10(3)4,11(5)6)16(22)20-15-13(18)7-12(17)8-14(15)19/h7-11H,1-6H3. The van der Waals surface area contributed by atoms with E-state index in [9.17, 15) is 0 Å². The predicted octanol–water partition coefficient (Wildman–Crippen LogP) is 7.42. The Morgan fingerprint density at radius 1 is 0.909 bits per heavy atom. The lowest BCUT2D eigenvalue weighted by Crippen LogP contribution is -2.28. The van der Waals surface area contributed by atoms with Gasteiger partial charge in [-0.05, 0) is 53.7 Å². The summed E-state index contributed by atoms with van der Waals surface area (Å²) in [5.41, 5.74) is 1.93. The molecular formula is C16H23Cl3NPS. The zero-order valence-electron chi connectivity index (χ0n) is 13.8. The second-order valence-electron chi connectivity index (χ2n) is 6.23. The summed E-state index contributed by atoms with van der Waals surface area (Å²) in [6, 6.07) is 3.30. The van der Waals surface area contributed by atoms with Gasteiger partial charge in [-0.1, -0.05) is 34.8 Å². The fourth-order valence-electron chi connectivity index (χ4n) is 3.28. The molecule has 0 fully saturated rings. The summed E-state index contributed by atoms with van der Waals surface area (Å²) in [6.07, 6.45) is 0. The quantitative estimate of drug-likeness (QED) is 0.217. The number of halogens is 3. The summed E-state index contributed by atoms with van der Waals surface area (Å²) < 4.78 is 0. The molecule has 0 atom stereocenters. The van der Waals surface area contributed by atoms with Gasteiger partial charge in [0.2, 0.25) is 0 Å². The molecule has 0 aromatic heterocycles. The van der Waals surface area contributed by atoms with Crippen molar-refractivity contribution in [3.63, 3.8) is 0 Å². The lowest BCUT2D eigenvalue weighted by molar-refractivity contribution is 0.933. The Labute approximate surface area is 155 Å². The Bertz CT molecular complexity index is 526. The molecule has 0 spiro atoms. The van der Waals surface area contributed by atoms with Crippen molar-refractivity contribution in [2.24, 2.45) is 4.99 Å². The van der Waals surface area contributed by atoms with Gasteiger partial charge < -0.3 is 12.6 Å². The van der Waals surface area contributed by atoms with Crippen LogP contribution >= 0.6 is 42.1 Å². The highest BCUT2D eigenvalue weighted by Crippen LogP contribution is 2.71. The van der Waals surface area contributed by atoms with Crippen LogP contribution < -0.4 is 0 Å². The van der Waals surface area contributed by atoms with E-state index in [-0.39, 0.29) is 0 Å². The molecule has 22 heavy (non-hydrogen) atoms. The number of rotatable bonds is 5. The Morgan fingerprint density at radius 2 is 1.27 bits per heavy atom. The molecule has 0 saturated carbocycles. The first-order valence-electron chi connectivity index (χ1n) is 7.34. The van der Waals surface area contributed by atoms with E-state index in [2.05, 4.69) is 41.5 Å². The molecule has 0 bridgehead atoms. The number of hydrogen-bond acceptors (Lipinski definition) is 2. The zero-order chi connectivity index (χ0) is 17.2. The molecule has 0 aliphatic heterocycles. The molecule has 124 valence electrons. The van der Waals surface area contributed by atoms with Gasteiger partial charge in [-0.2, -0.15) is 0 Å². The van der Waals surface area contributed by atoms with Crippen LogP contribution in [-0.4, -0.2) is 21.8 Å². The summed E-state index contributed by atoms with van der Waals surface area (Å²) in [7, 11) is -1.61. The van der Waals surface area contributed by atoms with Crippen molar-refractivity contribution < 1.29 is 0 Å². The summed E-state index contributed by atoms with van der Waals surface area (Å²) in [6.45, 7) is 13.4. The number of hydrogen-bond donors (Lipinski definition) is 0. The molecule has 6 heteroatoms. The van der Waals surface area contributed by atoms with Crippen molar-refractivity contribution in [1.82, 2.24) is 0 Å². The largest absolute Gasteiger partial charge is 0.721 e. The van der Waals surface area contributed by atoms with Crippen molar-refractivity contribution in [2.75, 3.05) is 0 Å². The van der Waals surface area contributed by atoms with Crippen LogP contribution in [0.3, 0.4) is 0 Å². The summed E-state index contributed by atoms with van der Waals surface area (Å²) in [5.74, 6) is 0. The van der Waals surface area contributed by atoms with Crippen molar-refractivity contribution in [1.29, 1.82) is 0 Å². The molecule has 1 nitrogen and oxygen atoms in total. The van der Waals surface area contributed by atoms with Crippen molar-refractivity contribution >= 4 is 65.2 Å². The monoisotopic (exact) mass is 397 g/mol. The molecule has 0 unspecified atom stereocenters. The highest BCUT2D eigenvalue weighted by molar-refractivity contribution is 8.12. The third-order valence-corrected chi connectivity index (χ3v) is 11.8. The summed E-state index contributed by atoms with van der Waals surface area (Å²) >= 11 is 24.3. The highest BCUT2D eigenvalue weighted by atomic mass is 35.5. The lowest BCUT2D eigenvalue weighted by Gasteiger charge is -2.42. The van der Waals surface area contributed by atoms with Gasteiger partial charge in [0.05, 0.1) is 27.0 Å². The first kappa shape index (κ1) is 20.5. The van der Waals surface area contributed by atoms with Crippen LogP contribution in [0.25, 0.3) is 0 Å². The molecule has 0 saturated heterocycles. The average molecular weight is 399 g/mol.